The molecule has 0 radical (unpaired) electrons. The zero-order valence-electron chi connectivity index (χ0n) is 13.7. The molecule has 5 nitrogen and oxygen atoms in total. The van der Waals surface area contributed by atoms with E-state index >= 15 is 0 Å². The van der Waals surface area contributed by atoms with Gasteiger partial charge in [-0.3, -0.25) is 9.58 Å². The summed E-state index contributed by atoms with van der Waals surface area (Å²) >= 11 is 0. The normalized spacial score (nSPS) is 29.2. The molecule has 0 amide bonds. The van der Waals surface area contributed by atoms with Gasteiger partial charge in [0, 0.05) is 23.8 Å². The van der Waals surface area contributed by atoms with Gasteiger partial charge in [0.2, 0.25) is 0 Å². The molecule has 1 aliphatic heterocycles. The molecule has 1 aliphatic carbocycles. The van der Waals surface area contributed by atoms with Crippen LogP contribution < -0.4 is 0 Å². The van der Waals surface area contributed by atoms with Gasteiger partial charge in [-0.1, -0.05) is 19.3 Å². The topological polar surface area (TPSA) is 55.2 Å². The third-order valence-corrected chi connectivity index (χ3v) is 7.32. The Balaban J connectivity index is 1.64. The van der Waals surface area contributed by atoms with E-state index < -0.39 is 9.84 Å². The van der Waals surface area contributed by atoms with Gasteiger partial charge in [-0.25, -0.2) is 8.42 Å². The number of sulfone groups is 1. The van der Waals surface area contributed by atoms with Crippen LogP contribution in [0, 0.1) is 0 Å². The average molecular weight is 325 g/mol. The van der Waals surface area contributed by atoms with E-state index in [1.165, 1.54) is 37.7 Å². The highest BCUT2D eigenvalue weighted by atomic mass is 32.2. The van der Waals surface area contributed by atoms with Crippen LogP contribution in [0.3, 0.4) is 0 Å². The zero-order valence-corrected chi connectivity index (χ0v) is 14.5. The molecular weight excluding hydrogens is 298 g/mol. The third-order valence-electron chi connectivity index (χ3n) is 5.43. The summed E-state index contributed by atoms with van der Waals surface area (Å²) in [4.78, 5) is 2.18. The molecule has 1 aromatic rings. The van der Waals surface area contributed by atoms with Crippen molar-refractivity contribution in [1.82, 2.24) is 14.7 Å². The SMILES string of the molecule is CN(Cc1cnn(C2CCCCC2)c1)[C@]1(C)CCS(=O)(=O)C1. The first-order chi connectivity index (χ1) is 10.4. The molecule has 0 N–H and O–H groups in total. The van der Waals surface area contributed by atoms with Gasteiger partial charge in [0.05, 0.1) is 23.7 Å². The van der Waals surface area contributed by atoms with E-state index in [2.05, 4.69) is 27.8 Å². The fourth-order valence-corrected chi connectivity index (χ4v) is 5.97. The highest BCUT2D eigenvalue weighted by Gasteiger charge is 2.41. The number of rotatable bonds is 4. The maximum atomic E-state index is 11.8. The Kier molecular flexibility index (Phi) is 4.34. The monoisotopic (exact) mass is 325 g/mol. The van der Waals surface area contributed by atoms with Crippen molar-refractivity contribution in [2.24, 2.45) is 0 Å². The molecule has 2 fully saturated rings. The van der Waals surface area contributed by atoms with Gasteiger partial charge in [0.15, 0.2) is 9.84 Å². The van der Waals surface area contributed by atoms with Gasteiger partial charge >= 0.3 is 0 Å². The summed E-state index contributed by atoms with van der Waals surface area (Å²) in [6.45, 7) is 2.82. The Morgan fingerprint density at radius 1 is 1.36 bits per heavy atom. The molecule has 0 bridgehead atoms. The second-order valence-electron chi connectivity index (χ2n) is 7.32. The van der Waals surface area contributed by atoms with E-state index in [0.29, 0.717) is 11.8 Å². The molecule has 1 saturated heterocycles. The molecule has 1 atom stereocenters. The molecule has 22 heavy (non-hydrogen) atoms. The second-order valence-corrected chi connectivity index (χ2v) is 9.50. The fraction of sp³-hybridized carbons (Fsp3) is 0.812. The highest BCUT2D eigenvalue weighted by Crippen LogP contribution is 2.30. The average Bonchev–Trinajstić information content (AvgIpc) is 3.05. The molecule has 0 unspecified atom stereocenters. The zero-order chi connectivity index (χ0) is 15.8. The van der Waals surface area contributed by atoms with Crippen molar-refractivity contribution in [3.63, 3.8) is 0 Å². The summed E-state index contributed by atoms with van der Waals surface area (Å²) in [6, 6.07) is 0.551. The lowest BCUT2D eigenvalue weighted by Gasteiger charge is -2.34. The molecule has 3 rings (SSSR count). The Morgan fingerprint density at radius 2 is 2.09 bits per heavy atom. The van der Waals surface area contributed by atoms with Crippen molar-refractivity contribution in [2.45, 2.75) is 63.6 Å². The Labute approximate surface area is 133 Å². The second kappa shape index (κ2) is 5.96. The lowest BCUT2D eigenvalue weighted by molar-refractivity contribution is 0.154. The Bertz CT molecular complexity index is 619. The minimum Gasteiger partial charge on any atom is -0.296 e. The van der Waals surface area contributed by atoms with Crippen molar-refractivity contribution in [1.29, 1.82) is 0 Å². The van der Waals surface area contributed by atoms with Gasteiger partial charge in [0.25, 0.3) is 0 Å². The van der Waals surface area contributed by atoms with Gasteiger partial charge in [-0.05, 0) is 33.2 Å². The third kappa shape index (κ3) is 3.38. The van der Waals surface area contributed by atoms with Gasteiger partial charge in [0.1, 0.15) is 0 Å². The van der Waals surface area contributed by atoms with Crippen LogP contribution in [0.4, 0.5) is 0 Å². The van der Waals surface area contributed by atoms with Gasteiger partial charge in [-0.2, -0.15) is 5.10 Å². The quantitative estimate of drug-likeness (QED) is 0.853. The van der Waals surface area contributed by atoms with E-state index in [-0.39, 0.29) is 11.3 Å². The van der Waals surface area contributed by atoms with Crippen LogP contribution in [0.5, 0.6) is 0 Å². The molecule has 0 aromatic carbocycles. The number of nitrogens with zero attached hydrogens (tertiary/aromatic N) is 3. The highest BCUT2D eigenvalue weighted by molar-refractivity contribution is 7.91. The standard InChI is InChI=1S/C16H27N3O2S/c1-16(8-9-22(20,21)13-16)18(2)11-14-10-17-19(12-14)15-6-4-3-5-7-15/h10,12,15H,3-9,11,13H2,1-2H3/t16-/m1/s1. The summed E-state index contributed by atoms with van der Waals surface area (Å²) in [5, 5.41) is 4.54. The van der Waals surface area contributed by atoms with Crippen molar-refractivity contribution in [2.75, 3.05) is 18.6 Å². The first-order valence-electron chi connectivity index (χ1n) is 8.33. The van der Waals surface area contributed by atoms with E-state index in [1.54, 1.807) is 0 Å². The molecule has 2 aliphatic rings. The number of hydrogen-bond acceptors (Lipinski definition) is 4. The van der Waals surface area contributed by atoms with Crippen LogP contribution >= 0.6 is 0 Å². The van der Waals surface area contributed by atoms with E-state index in [9.17, 15) is 8.42 Å². The van der Waals surface area contributed by atoms with Crippen molar-refractivity contribution in [3.8, 4) is 0 Å². The Hall–Kier alpha value is -0.880. The van der Waals surface area contributed by atoms with Gasteiger partial charge in [-0.15, -0.1) is 0 Å². The minimum absolute atomic E-state index is 0.244. The molecule has 2 heterocycles. The fourth-order valence-electron chi connectivity index (χ4n) is 3.76. The number of hydrogen-bond donors (Lipinski definition) is 0. The van der Waals surface area contributed by atoms with Crippen LogP contribution in [0.25, 0.3) is 0 Å². The molecule has 124 valence electrons. The summed E-state index contributed by atoms with van der Waals surface area (Å²) < 4.78 is 25.7. The van der Waals surface area contributed by atoms with Gasteiger partial charge < -0.3 is 0 Å². The maximum absolute atomic E-state index is 11.8. The molecule has 1 saturated carbocycles. The van der Waals surface area contributed by atoms with E-state index in [1.807, 2.05) is 13.2 Å². The smallest absolute Gasteiger partial charge is 0.152 e. The van der Waals surface area contributed by atoms with Crippen LogP contribution in [0.2, 0.25) is 0 Å². The van der Waals surface area contributed by atoms with Crippen LogP contribution in [-0.4, -0.2) is 47.2 Å². The number of aromatic nitrogens is 2. The Morgan fingerprint density at radius 3 is 2.73 bits per heavy atom. The molecule has 0 spiro atoms. The van der Waals surface area contributed by atoms with Crippen molar-refractivity contribution >= 4 is 9.84 Å². The first-order valence-corrected chi connectivity index (χ1v) is 10.1. The van der Waals surface area contributed by atoms with Crippen LogP contribution in [0.15, 0.2) is 12.4 Å². The van der Waals surface area contributed by atoms with E-state index in [4.69, 9.17) is 0 Å². The molecular formula is C16H27N3O2S. The van der Waals surface area contributed by atoms with Crippen LogP contribution in [-0.2, 0) is 16.4 Å². The lowest BCUT2D eigenvalue weighted by Crippen LogP contribution is -2.44. The first kappa shape index (κ1) is 16.0. The molecule has 1 aromatic heterocycles. The largest absolute Gasteiger partial charge is 0.296 e. The van der Waals surface area contributed by atoms with Crippen LogP contribution in [0.1, 0.15) is 57.1 Å². The summed E-state index contributed by atoms with van der Waals surface area (Å²) in [6.07, 6.45) is 11.2. The lowest BCUT2D eigenvalue weighted by atomic mass is 9.96. The van der Waals surface area contributed by atoms with E-state index in [0.717, 1.165) is 13.0 Å². The summed E-state index contributed by atoms with van der Waals surface area (Å²) in [5.74, 6) is 0.586. The summed E-state index contributed by atoms with van der Waals surface area (Å²) in [5.41, 5.74) is 0.935. The van der Waals surface area contributed by atoms with Crippen molar-refractivity contribution < 1.29 is 8.42 Å². The summed E-state index contributed by atoms with van der Waals surface area (Å²) in [7, 11) is -0.839. The van der Waals surface area contributed by atoms with Crippen molar-refractivity contribution in [3.05, 3.63) is 18.0 Å². The molecule has 6 heteroatoms. The predicted octanol–water partition coefficient (Wildman–Crippen LogP) is 2.40. The minimum atomic E-state index is -2.87. The maximum Gasteiger partial charge on any atom is 0.152 e. The predicted molar refractivity (Wildman–Crippen MR) is 87.5 cm³/mol.